The second-order valence-corrected chi connectivity index (χ2v) is 9.06. The van der Waals surface area contributed by atoms with Crippen LogP contribution in [0.2, 0.25) is 0 Å². The van der Waals surface area contributed by atoms with E-state index in [0.717, 1.165) is 41.8 Å². The summed E-state index contributed by atoms with van der Waals surface area (Å²) >= 11 is 0. The topological polar surface area (TPSA) is 86.5 Å². The fraction of sp³-hybridized carbons (Fsp3) is 0.444. The van der Waals surface area contributed by atoms with E-state index in [1.54, 1.807) is 11.8 Å². The minimum absolute atomic E-state index is 0.00340. The van der Waals surface area contributed by atoms with E-state index in [2.05, 4.69) is 17.2 Å². The lowest BCUT2D eigenvalue weighted by Crippen LogP contribution is -2.11. The number of carboxylic acid groups (broad SMARTS) is 1. The van der Waals surface area contributed by atoms with Crippen LogP contribution in [0.3, 0.4) is 0 Å². The maximum atomic E-state index is 11.6. The molecule has 1 N–H and O–H groups in total. The van der Waals surface area contributed by atoms with Gasteiger partial charge in [-0.05, 0) is 62.3 Å². The van der Waals surface area contributed by atoms with Gasteiger partial charge in [0.2, 0.25) is 5.88 Å². The van der Waals surface area contributed by atoms with Crippen molar-refractivity contribution in [2.24, 2.45) is 7.05 Å². The first-order chi connectivity index (χ1) is 16.4. The van der Waals surface area contributed by atoms with Crippen LogP contribution in [0.4, 0.5) is 0 Å². The van der Waals surface area contributed by atoms with Gasteiger partial charge in [0.25, 0.3) is 0 Å². The summed E-state index contributed by atoms with van der Waals surface area (Å²) in [4.78, 5) is 16.4. The molecule has 3 aromatic rings. The maximum absolute atomic E-state index is 11.6. The summed E-state index contributed by atoms with van der Waals surface area (Å²) in [5.74, 6) is 0.258. The summed E-state index contributed by atoms with van der Waals surface area (Å²) in [5.41, 5.74) is 6.41. The number of aromatic nitrogens is 3. The summed E-state index contributed by atoms with van der Waals surface area (Å²) in [5, 5.41) is 14.1. The number of nitrogens with zero attached hydrogens (tertiary/aromatic N) is 3. The number of ether oxygens (including phenoxy) is 2. The van der Waals surface area contributed by atoms with Crippen molar-refractivity contribution < 1.29 is 19.4 Å². The quantitative estimate of drug-likeness (QED) is 0.479. The van der Waals surface area contributed by atoms with E-state index in [-0.39, 0.29) is 12.3 Å². The zero-order chi connectivity index (χ0) is 24.1. The highest BCUT2D eigenvalue weighted by molar-refractivity contribution is 5.68. The summed E-state index contributed by atoms with van der Waals surface area (Å²) in [6.45, 7) is 2.50. The number of aryl methyl sites for hydroxylation is 4. The Kier molecular flexibility index (Phi) is 7.50. The maximum Gasteiger partial charge on any atom is 0.303 e. The molecule has 0 saturated carbocycles. The molecule has 7 heteroatoms. The molecule has 34 heavy (non-hydrogen) atoms. The molecule has 2 aromatic heterocycles. The average molecular weight is 464 g/mol. The number of hydrogen-bond donors (Lipinski definition) is 1. The lowest BCUT2D eigenvalue weighted by molar-refractivity contribution is -0.137. The molecule has 2 heterocycles. The zero-order valence-electron chi connectivity index (χ0n) is 20.2. The molecule has 0 radical (unpaired) electrons. The molecule has 0 bridgehead atoms. The van der Waals surface area contributed by atoms with Gasteiger partial charge in [0.1, 0.15) is 5.75 Å². The van der Waals surface area contributed by atoms with E-state index in [1.807, 2.05) is 38.2 Å². The molecule has 1 unspecified atom stereocenters. The Morgan fingerprint density at radius 2 is 1.97 bits per heavy atom. The number of aliphatic carboxylic acids is 1. The van der Waals surface area contributed by atoms with Crippen LogP contribution in [0.5, 0.6) is 11.6 Å². The van der Waals surface area contributed by atoms with Crippen molar-refractivity contribution in [2.45, 2.75) is 57.8 Å². The Balaban J connectivity index is 1.43. The van der Waals surface area contributed by atoms with Crippen molar-refractivity contribution in [2.75, 3.05) is 13.7 Å². The lowest BCUT2D eigenvalue weighted by Gasteiger charge is -2.18. The van der Waals surface area contributed by atoms with E-state index < -0.39 is 5.97 Å². The fourth-order valence-corrected chi connectivity index (χ4v) is 4.70. The Labute approximate surface area is 200 Å². The van der Waals surface area contributed by atoms with Crippen LogP contribution in [0, 0.1) is 6.92 Å². The van der Waals surface area contributed by atoms with Crippen molar-refractivity contribution in [1.29, 1.82) is 0 Å². The normalized spacial score (nSPS) is 13.9. The van der Waals surface area contributed by atoms with Crippen LogP contribution < -0.4 is 9.47 Å². The predicted molar refractivity (Wildman–Crippen MR) is 130 cm³/mol. The first-order valence-corrected chi connectivity index (χ1v) is 11.9. The van der Waals surface area contributed by atoms with Crippen LogP contribution in [-0.4, -0.2) is 39.6 Å². The van der Waals surface area contributed by atoms with E-state index in [0.29, 0.717) is 24.7 Å². The molecular formula is C27H33N3O4. The molecule has 1 aliphatic carbocycles. The lowest BCUT2D eigenvalue weighted by atomic mass is 9.89. The van der Waals surface area contributed by atoms with E-state index in [9.17, 15) is 9.90 Å². The number of carboxylic acids is 1. The third kappa shape index (κ3) is 5.76. The van der Waals surface area contributed by atoms with Crippen LogP contribution in [0.1, 0.15) is 59.0 Å². The van der Waals surface area contributed by atoms with Crippen molar-refractivity contribution in [3.8, 4) is 11.6 Å². The van der Waals surface area contributed by atoms with Gasteiger partial charge in [0, 0.05) is 36.8 Å². The molecule has 1 atom stereocenters. The van der Waals surface area contributed by atoms with Gasteiger partial charge in [-0.15, -0.1) is 0 Å². The molecule has 4 rings (SSSR count). The van der Waals surface area contributed by atoms with Gasteiger partial charge in [0.05, 0.1) is 25.8 Å². The largest absolute Gasteiger partial charge is 0.496 e. The van der Waals surface area contributed by atoms with Crippen LogP contribution in [-0.2, 0) is 37.5 Å². The summed E-state index contributed by atoms with van der Waals surface area (Å²) in [6, 6.07) is 12.1. The van der Waals surface area contributed by atoms with Gasteiger partial charge < -0.3 is 14.6 Å². The molecule has 0 aliphatic heterocycles. The van der Waals surface area contributed by atoms with Crippen LogP contribution in [0.25, 0.3) is 0 Å². The van der Waals surface area contributed by atoms with Crippen molar-refractivity contribution >= 4 is 5.97 Å². The fourth-order valence-electron chi connectivity index (χ4n) is 4.70. The second-order valence-electron chi connectivity index (χ2n) is 9.06. The number of fused-ring (bicyclic) bond motifs is 1. The monoisotopic (exact) mass is 463 g/mol. The summed E-state index contributed by atoms with van der Waals surface area (Å²) < 4.78 is 13.2. The molecule has 1 aliphatic rings. The Morgan fingerprint density at radius 3 is 2.76 bits per heavy atom. The van der Waals surface area contributed by atoms with E-state index >= 15 is 0 Å². The van der Waals surface area contributed by atoms with Gasteiger partial charge in [-0.3, -0.25) is 9.78 Å². The zero-order valence-corrected chi connectivity index (χ0v) is 20.2. The summed E-state index contributed by atoms with van der Waals surface area (Å²) in [7, 11) is 3.45. The van der Waals surface area contributed by atoms with Gasteiger partial charge in [0.15, 0.2) is 0 Å². The minimum Gasteiger partial charge on any atom is -0.496 e. The molecule has 180 valence electrons. The standard InChI is InChI=1S/C27H33N3O4/c1-18-8-11-25(33-3)23(14-18)20(16-27(31)32)15-22-17-26(30(2)29-22)34-13-12-21-10-9-19-6-4-5-7-24(19)28-21/h8-11,14,17,20H,4-7,12-13,15-16H2,1-3H3,(H,31,32). The van der Waals surface area contributed by atoms with Crippen molar-refractivity contribution in [3.05, 3.63) is 70.2 Å². The smallest absolute Gasteiger partial charge is 0.303 e. The molecule has 1 aromatic carbocycles. The molecule has 0 amide bonds. The van der Waals surface area contributed by atoms with Gasteiger partial charge in [-0.25, -0.2) is 4.68 Å². The van der Waals surface area contributed by atoms with Crippen molar-refractivity contribution in [3.63, 3.8) is 0 Å². The molecule has 0 fully saturated rings. The summed E-state index contributed by atoms with van der Waals surface area (Å²) in [6.07, 6.45) is 5.88. The van der Waals surface area contributed by atoms with Gasteiger partial charge in [-0.2, -0.15) is 5.10 Å². The molecular weight excluding hydrogens is 430 g/mol. The minimum atomic E-state index is -0.849. The number of rotatable bonds is 10. The molecule has 7 nitrogen and oxygen atoms in total. The van der Waals surface area contributed by atoms with Crippen LogP contribution >= 0.6 is 0 Å². The number of pyridine rings is 1. The first kappa shape index (κ1) is 23.8. The number of methoxy groups -OCH3 is 1. The van der Waals surface area contributed by atoms with Gasteiger partial charge in [-0.1, -0.05) is 23.8 Å². The highest BCUT2D eigenvalue weighted by Crippen LogP contribution is 2.33. The Bertz CT molecular complexity index is 1150. The third-order valence-electron chi connectivity index (χ3n) is 6.43. The predicted octanol–water partition coefficient (Wildman–Crippen LogP) is 4.43. The highest BCUT2D eigenvalue weighted by atomic mass is 16.5. The molecule has 0 spiro atoms. The van der Waals surface area contributed by atoms with Crippen molar-refractivity contribution in [1.82, 2.24) is 14.8 Å². The Morgan fingerprint density at radius 1 is 1.15 bits per heavy atom. The Hall–Kier alpha value is -3.35. The van der Waals surface area contributed by atoms with Gasteiger partial charge >= 0.3 is 5.97 Å². The molecule has 0 saturated heterocycles. The van der Waals surface area contributed by atoms with Crippen LogP contribution in [0.15, 0.2) is 36.4 Å². The SMILES string of the molecule is COc1ccc(C)cc1C(CC(=O)O)Cc1cc(OCCc2ccc3c(n2)CCCC3)n(C)n1. The second kappa shape index (κ2) is 10.7. The number of carbonyl (C=O) groups is 1. The number of hydrogen-bond acceptors (Lipinski definition) is 5. The third-order valence-corrected chi connectivity index (χ3v) is 6.43. The average Bonchev–Trinajstić information content (AvgIpc) is 3.17. The highest BCUT2D eigenvalue weighted by Gasteiger charge is 2.22. The van der Waals surface area contributed by atoms with E-state index in [1.165, 1.54) is 24.1 Å². The van der Waals surface area contributed by atoms with E-state index in [4.69, 9.17) is 14.5 Å². The first-order valence-electron chi connectivity index (χ1n) is 11.9. The number of benzene rings is 1.